The number of carbonyl (C=O) groups excluding carboxylic acids is 1. The van der Waals surface area contributed by atoms with E-state index in [0.717, 1.165) is 62.7 Å². The highest BCUT2D eigenvalue weighted by Gasteiger charge is 2.34. The Morgan fingerprint density at radius 2 is 2.08 bits per heavy atom. The van der Waals surface area contributed by atoms with Gasteiger partial charge >= 0.3 is 0 Å². The minimum absolute atomic E-state index is 0.0107. The maximum atomic E-state index is 13.2. The van der Waals surface area contributed by atoms with E-state index in [9.17, 15) is 9.90 Å². The van der Waals surface area contributed by atoms with E-state index in [1.54, 1.807) is 0 Å². The topological polar surface area (TPSA) is 95.6 Å². The first-order chi connectivity index (χ1) is 12.5. The summed E-state index contributed by atoms with van der Waals surface area (Å²) >= 11 is 0. The third-order valence-corrected chi connectivity index (χ3v) is 5.78. The van der Waals surface area contributed by atoms with Crippen molar-refractivity contribution in [2.45, 2.75) is 51.0 Å². The fraction of sp³-hybridized carbons (Fsp3) is 0.737. The summed E-state index contributed by atoms with van der Waals surface area (Å²) in [5.74, 6) is 0.558. The van der Waals surface area contributed by atoms with Crippen LogP contribution in [-0.2, 0) is 12.8 Å². The van der Waals surface area contributed by atoms with Crippen LogP contribution in [0.15, 0.2) is 0 Å². The molecular weight excluding hydrogens is 330 g/mol. The molecule has 1 aliphatic heterocycles. The molecule has 1 aromatic heterocycles. The Labute approximate surface area is 155 Å². The molecule has 7 heteroatoms. The second kappa shape index (κ2) is 8.31. The highest BCUT2D eigenvalue weighted by atomic mass is 16.3. The van der Waals surface area contributed by atoms with Crippen molar-refractivity contribution in [3.05, 3.63) is 17.0 Å². The van der Waals surface area contributed by atoms with Crippen LogP contribution in [0.2, 0.25) is 0 Å². The molecule has 7 nitrogen and oxygen atoms in total. The van der Waals surface area contributed by atoms with Gasteiger partial charge in [-0.05, 0) is 65.0 Å². The average molecular weight is 361 g/mol. The van der Waals surface area contributed by atoms with Crippen LogP contribution < -0.4 is 5.73 Å². The zero-order chi connectivity index (χ0) is 18.7. The zero-order valence-electron chi connectivity index (χ0n) is 15.9. The first kappa shape index (κ1) is 19.0. The molecule has 26 heavy (non-hydrogen) atoms. The van der Waals surface area contributed by atoms with E-state index >= 15 is 0 Å². The van der Waals surface area contributed by atoms with Gasteiger partial charge < -0.3 is 20.6 Å². The van der Waals surface area contributed by atoms with Gasteiger partial charge in [-0.2, -0.15) is 0 Å². The Morgan fingerprint density at radius 3 is 2.81 bits per heavy atom. The molecule has 0 bridgehead atoms. The number of hydrogen-bond donors (Lipinski definition) is 2. The first-order valence-electron chi connectivity index (χ1n) is 9.73. The molecule has 3 N–H and O–H groups in total. The molecule has 2 heterocycles. The molecule has 2 atom stereocenters. The maximum absolute atomic E-state index is 13.2. The van der Waals surface area contributed by atoms with E-state index < -0.39 is 0 Å². The second-order valence-electron chi connectivity index (χ2n) is 7.76. The van der Waals surface area contributed by atoms with E-state index in [-0.39, 0.29) is 18.5 Å². The van der Waals surface area contributed by atoms with Crippen molar-refractivity contribution < 1.29 is 9.90 Å². The van der Waals surface area contributed by atoms with Crippen molar-refractivity contribution in [2.24, 2.45) is 5.92 Å². The number of aliphatic hydroxyl groups excluding tert-OH is 1. The van der Waals surface area contributed by atoms with Gasteiger partial charge in [-0.15, -0.1) is 0 Å². The van der Waals surface area contributed by atoms with Crippen LogP contribution in [0.25, 0.3) is 0 Å². The number of likely N-dealkylation sites (tertiary alicyclic amines) is 1. The van der Waals surface area contributed by atoms with Crippen LogP contribution in [0.1, 0.15) is 53.8 Å². The number of amides is 1. The molecule has 1 fully saturated rings. The van der Waals surface area contributed by atoms with E-state index in [2.05, 4.69) is 29.0 Å². The predicted octanol–water partition coefficient (Wildman–Crippen LogP) is 1.10. The number of hydrogen-bond acceptors (Lipinski definition) is 6. The van der Waals surface area contributed by atoms with Crippen LogP contribution in [0.5, 0.6) is 0 Å². The molecule has 0 radical (unpaired) electrons. The van der Waals surface area contributed by atoms with Gasteiger partial charge in [0.25, 0.3) is 5.91 Å². The maximum Gasteiger partial charge on any atom is 0.272 e. The number of nitrogens with zero attached hydrogens (tertiary/aromatic N) is 4. The van der Waals surface area contributed by atoms with Gasteiger partial charge in [0, 0.05) is 37.0 Å². The number of piperidine rings is 1. The number of nitrogen functional groups attached to an aromatic ring is 1. The summed E-state index contributed by atoms with van der Waals surface area (Å²) in [4.78, 5) is 26.1. The van der Waals surface area contributed by atoms with Gasteiger partial charge in [-0.3, -0.25) is 4.79 Å². The Morgan fingerprint density at radius 1 is 1.31 bits per heavy atom. The molecule has 0 saturated carbocycles. The van der Waals surface area contributed by atoms with Crippen molar-refractivity contribution in [3.63, 3.8) is 0 Å². The number of carbonyl (C=O) groups is 1. The largest absolute Gasteiger partial charge is 0.396 e. The molecule has 0 spiro atoms. The predicted molar refractivity (Wildman–Crippen MR) is 101 cm³/mol. The van der Waals surface area contributed by atoms with Gasteiger partial charge in [0.2, 0.25) is 5.95 Å². The van der Waals surface area contributed by atoms with E-state index in [1.165, 1.54) is 0 Å². The molecule has 3 rings (SSSR count). The lowest BCUT2D eigenvalue weighted by Gasteiger charge is -2.41. The second-order valence-corrected chi connectivity index (χ2v) is 7.76. The lowest BCUT2D eigenvalue weighted by molar-refractivity contribution is 0.0489. The molecule has 1 aliphatic carbocycles. The highest BCUT2D eigenvalue weighted by Crippen LogP contribution is 2.28. The van der Waals surface area contributed by atoms with Crippen molar-refractivity contribution in [2.75, 3.05) is 39.5 Å². The average Bonchev–Trinajstić information content (AvgIpc) is 2.64. The summed E-state index contributed by atoms with van der Waals surface area (Å²) in [7, 11) is 4.19. The lowest BCUT2D eigenvalue weighted by atomic mass is 9.87. The Balaban J connectivity index is 1.81. The Hall–Kier alpha value is -1.73. The van der Waals surface area contributed by atoms with Gasteiger partial charge in [-0.1, -0.05) is 0 Å². The van der Waals surface area contributed by atoms with Gasteiger partial charge in [0.1, 0.15) is 5.69 Å². The normalized spacial score (nSPS) is 23.2. The summed E-state index contributed by atoms with van der Waals surface area (Å²) in [6.07, 6.45) is 6.54. The van der Waals surface area contributed by atoms with Crippen LogP contribution >= 0.6 is 0 Å². The minimum Gasteiger partial charge on any atom is -0.396 e. The SMILES string of the molecule is CN(C)C1CCN(C(=O)c2nc(N)nc3c2CCCC3)CC1CCCO. The molecule has 0 aromatic carbocycles. The van der Waals surface area contributed by atoms with Gasteiger partial charge in [0.15, 0.2) is 0 Å². The standard InChI is InChI=1S/C19H31N5O2/c1-23(2)16-9-10-24(12-13(16)6-5-11-25)18(26)17-14-7-3-4-8-15(14)21-19(20)22-17/h13,16,25H,3-12H2,1-2H3,(H2,20,21,22). The van der Waals surface area contributed by atoms with Crippen molar-refractivity contribution in [1.29, 1.82) is 0 Å². The summed E-state index contributed by atoms with van der Waals surface area (Å²) in [5.41, 5.74) is 8.34. The molecular formula is C19H31N5O2. The number of rotatable bonds is 5. The first-order valence-corrected chi connectivity index (χ1v) is 9.73. The van der Waals surface area contributed by atoms with Crippen molar-refractivity contribution in [1.82, 2.24) is 19.8 Å². The van der Waals surface area contributed by atoms with Crippen molar-refractivity contribution >= 4 is 11.9 Å². The fourth-order valence-electron chi connectivity index (χ4n) is 4.46. The number of aryl methyl sites for hydroxylation is 1. The third-order valence-electron chi connectivity index (χ3n) is 5.78. The molecule has 1 amide bonds. The lowest BCUT2D eigenvalue weighted by Crippen LogP contribution is -2.51. The number of nitrogens with two attached hydrogens (primary N) is 1. The Bertz CT molecular complexity index is 649. The fourth-order valence-corrected chi connectivity index (χ4v) is 4.46. The van der Waals surface area contributed by atoms with Crippen LogP contribution in [0.4, 0.5) is 5.95 Å². The third kappa shape index (κ3) is 3.99. The summed E-state index contributed by atoms with van der Waals surface area (Å²) in [6.45, 7) is 1.64. The number of aliphatic hydroxyl groups is 1. The van der Waals surface area contributed by atoms with Gasteiger partial charge in [0.05, 0.1) is 0 Å². The van der Waals surface area contributed by atoms with Crippen molar-refractivity contribution in [3.8, 4) is 0 Å². The van der Waals surface area contributed by atoms with E-state index in [1.807, 2.05) is 4.90 Å². The monoisotopic (exact) mass is 361 g/mol. The number of anilines is 1. The summed E-state index contributed by atoms with van der Waals surface area (Å²) in [5, 5.41) is 9.21. The van der Waals surface area contributed by atoms with Crippen LogP contribution in [0, 0.1) is 5.92 Å². The van der Waals surface area contributed by atoms with Crippen LogP contribution in [0.3, 0.4) is 0 Å². The van der Waals surface area contributed by atoms with Gasteiger partial charge in [-0.25, -0.2) is 9.97 Å². The molecule has 1 saturated heterocycles. The summed E-state index contributed by atoms with van der Waals surface area (Å²) < 4.78 is 0. The quantitative estimate of drug-likeness (QED) is 0.815. The Kier molecular flexibility index (Phi) is 6.09. The smallest absolute Gasteiger partial charge is 0.272 e. The van der Waals surface area contributed by atoms with E-state index in [0.29, 0.717) is 24.2 Å². The van der Waals surface area contributed by atoms with Crippen LogP contribution in [-0.4, -0.2) is 70.6 Å². The highest BCUT2D eigenvalue weighted by molar-refractivity contribution is 5.94. The zero-order valence-corrected chi connectivity index (χ0v) is 15.9. The minimum atomic E-state index is -0.0107. The van der Waals surface area contributed by atoms with E-state index in [4.69, 9.17) is 5.73 Å². The summed E-state index contributed by atoms with van der Waals surface area (Å²) in [6, 6.07) is 0.440. The molecule has 2 aliphatic rings. The number of aromatic nitrogens is 2. The molecule has 1 aromatic rings. The molecule has 2 unspecified atom stereocenters. The number of fused-ring (bicyclic) bond motifs is 1. The molecule has 144 valence electrons.